The minimum atomic E-state index is 0.276. The van der Waals surface area contributed by atoms with Crippen LogP contribution in [0.25, 0.3) is 0 Å². The number of unbranched alkanes of at least 4 members (excludes halogenated alkanes) is 7. The molecular formula is C18H36N2O2. The summed E-state index contributed by atoms with van der Waals surface area (Å²) < 4.78 is 11.0. The van der Waals surface area contributed by atoms with E-state index in [0.717, 1.165) is 25.9 Å². The van der Waals surface area contributed by atoms with Crippen LogP contribution in [0.15, 0.2) is 0 Å². The summed E-state index contributed by atoms with van der Waals surface area (Å²) in [5, 5.41) is 14.6. The summed E-state index contributed by atoms with van der Waals surface area (Å²) in [5.41, 5.74) is 0. The maximum absolute atomic E-state index is 7.66. The molecule has 0 aromatic carbocycles. The zero-order chi connectivity index (χ0) is 16.5. The first-order valence-corrected chi connectivity index (χ1v) is 9.05. The monoisotopic (exact) mass is 312 g/mol. The molecule has 0 saturated carbocycles. The molecule has 0 rings (SSSR count). The van der Waals surface area contributed by atoms with Gasteiger partial charge in [-0.1, -0.05) is 38.5 Å². The fourth-order valence-corrected chi connectivity index (χ4v) is 2.59. The van der Waals surface area contributed by atoms with Crippen LogP contribution in [0, 0.1) is 10.8 Å². The van der Waals surface area contributed by atoms with Crippen molar-refractivity contribution in [3.05, 3.63) is 0 Å². The predicted octanol–water partition coefficient (Wildman–Crippen LogP) is 5.35. The molecule has 0 aromatic heterocycles. The number of hydrogen-bond acceptors (Lipinski definition) is 4. The summed E-state index contributed by atoms with van der Waals surface area (Å²) in [7, 11) is 0. The fraction of sp³-hybridized carbons (Fsp3) is 0.889. The van der Waals surface area contributed by atoms with E-state index in [-0.39, 0.29) is 6.10 Å². The first-order chi connectivity index (χ1) is 10.7. The van der Waals surface area contributed by atoms with E-state index in [9.17, 15) is 0 Å². The van der Waals surface area contributed by atoms with Gasteiger partial charge in [-0.05, 0) is 45.7 Å². The average Bonchev–Trinajstić information content (AvgIpc) is 2.51. The van der Waals surface area contributed by atoms with Gasteiger partial charge in [0.1, 0.15) is 0 Å². The van der Waals surface area contributed by atoms with Crippen LogP contribution in [0.1, 0.15) is 84.5 Å². The SMILES string of the molecule is CCOC(=N)CCC(CCCCCCCCCC=N)OCC. The van der Waals surface area contributed by atoms with E-state index >= 15 is 0 Å². The van der Waals surface area contributed by atoms with Gasteiger partial charge < -0.3 is 14.9 Å². The van der Waals surface area contributed by atoms with Crippen LogP contribution in [-0.2, 0) is 9.47 Å². The summed E-state index contributed by atoms with van der Waals surface area (Å²) in [5.74, 6) is 0.386. The number of rotatable bonds is 16. The lowest BCUT2D eigenvalue weighted by molar-refractivity contribution is 0.0492. The summed E-state index contributed by atoms with van der Waals surface area (Å²) in [6.45, 7) is 5.28. The third-order valence-corrected chi connectivity index (χ3v) is 3.79. The van der Waals surface area contributed by atoms with E-state index in [1.54, 1.807) is 0 Å². The van der Waals surface area contributed by atoms with Crippen molar-refractivity contribution >= 4 is 12.1 Å². The van der Waals surface area contributed by atoms with Crippen LogP contribution >= 0.6 is 0 Å². The molecule has 4 heteroatoms. The van der Waals surface area contributed by atoms with Gasteiger partial charge in [-0.3, -0.25) is 5.41 Å². The average molecular weight is 312 g/mol. The standard InChI is InChI=1S/C18H36N2O2/c1-3-21-17(14-15-18(20)22-4-2)13-11-9-7-5-6-8-10-12-16-19/h16-17,19-20H,3-15H2,1-2H3. The highest BCUT2D eigenvalue weighted by Crippen LogP contribution is 2.15. The van der Waals surface area contributed by atoms with Gasteiger partial charge in [0.05, 0.1) is 12.7 Å². The van der Waals surface area contributed by atoms with Crippen LogP contribution in [0.2, 0.25) is 0 Å². The molecule has 0 heterocycles. The lowest BCUT2D eigenvalue weighted by atomic mass is 10.0. The van der Waals surface area contributed by atoms with Gasteiger partial charge in [0, 0.05) is 13.0 Å². The molecule has 22 heavy (non-hydrogen) atoms. The zero-order valence-electron chi connectivity index (χ0n) is 14.7. The topological polar surface area (TPSA) is 66.2 Å². The molecule has 0 bridgehead atoms. The fourth-order valence-electron chi connectivity index (χ4n) is 2.59. The second kappa shape index (κ2) is 16.5. The molecule has 0 aliphatic rings. The van der Waals surface area contributed by atoms with Crippen molar-refractivity contribution in [2.45, 2.75) is 90.6 Å². The molecule has 1 unspecified atom stereocenters. The van der Waals surface area contributed by atoms with Crippen molar-refractivity contribution in [3.8, 4) is 0 Å². The van der Waals surface area contributed by atoms with Crippen molar-refractivity contribution in [2.75, 3.05) is 13.2 Å². The van der Waals surface area contributed by atoms with E-state index in [2.05, 4.69) is 0 Å². The second-order valence-electron chi connectivity index (χ2n) is 5.73. The number of hydrogen-bond donors (Lipinski definition) is 2. The summed E-state index contributed by atoms with van der Waals surface area (Å²) in [6.07, 6.45) is 14.2. The largest absolute Gasteiger partial charge is 0.481 e. The molecule has 0 fully saturated rings. The van der Waals surface area contributed by atoms with E-state index in [1.807, 2.05) is 13.8 Å². The van der Waals surface area contributed by atoms with Crippen LogP contribution in [0.4, 0.5) is 0 Å². The second-order valence-corrected chi connectivity index (χ2v) is 5.73. The van der Waals surface area contributed by atoms with Gasteiger partial charge in [-0.15, -0.1) is 0 Å². The highest BCUT2D eigenvalue weighted by molar-refractivity contribution is 5.72. The smallest absolute Gasteiger partial charge is 0.180 e. The molecule has 130 valence electrons. The van der Waals surface area contributed by atoms with Crippen molar-refractivity contribution in [1.82, 2.24) is 0 Å². The maximum atomic E-state index is 7.66. The minimum absolute atomic E-state index is 0.276. The Morgan fingerprint density at radius 2 is 1.55 bits per heavy atom. The Morgan fingerprint density at radius 3 is 2.14 bits per heavy atom. The normalized spacial score (nSPS) is 12.1. The van der Waals surface area contributed by atoms with E-state index in [4.69, 9.17) is 20.3 Å². The molecule has 0 radical (unpaired) electrons. The molecule has 0 aliphatic carbocycles. The molecule has 2 N–H and O–H groups in total. The minimum Gasteiger partial charge on any atom is -0.481 e. The van der Waals surface area contributed by atoms with Crippen LogP contribution < -0.4 is 0 Å². The molecule has 0 saturated heterocycles. The Balaban J connectivity index is 3.56. The zero-order valence-corrected chi connectivity index (χ0v) is 14.7. The van der Waals surface area contributed by atoms with Crippen molar-refractivity contribution in [2.24, 2.45) is 0 Å². The molecule has 0 aliphatic heterocycles. The Hall–Kier alpha value is -0.900. The van der Waals surface area contributed by atoms with Gasteiger partial charge in [0.15, 0.2) is 5.90 Å². The molecule has 4 nitrogen and oxygen atoms in total. The van der Waals surface area contributed by atoms with Crippen LogP contribution in [0.5, 0.6) is 0 Å². The number of ether oxygens (including phenoxy) is 2. The van der Waals surface area contributed by atoms with E-state index in [1.165, 1.54) is 51.2 Å². The van der Waals surface area contributed by atoms with Gasteiger partial charge in [-0.2, -0.15) is 0 Å². The van der Waals surface area contributed by atoms with E-state index in [0.29, 0.717) is 18.9 Å². The maximum Gasteiger partial charge on any atom is 0.180 e. The van der Waals surface area contributed by atoms with Gasteiger partial charge in [0.25, 0.3) is 0 Å². The van der Waals surface area contributed by atoms with Crippen molar-refractivity contribution < 1.29 is 9.47 Å². The molecule has 0 spiro atoms. The van der Waals surface area contributed by atoms with Crippen molar-refractivity contribution in [1.29, 1.82) is 10.8 Å². The third kappa shape index (κ3) is 14.1. The van der Waals surface area contributed by atoms with E-state index < -0.39 is 0 Å². The lowest BCUT2D eigenvalue weighted by Crippen LogP contribution is -2.15. The molecular weight excluding hydrogens is 276 g/mol. The summed E-state index contributed by atoms with van der Waals surface area (Å²) >= 11 is 0. The predicted molar refractivity (Wildman–Crippen MR) is 94.3 cm³/mol. The first-order valence-electron chi connectivity index (χ1n) is 9.05. The highest BCUT2D eigenvalue weighted by atomic mass is 16.5. The van der Waals surface area contributed by atoms with Crippen LogP contribution in [-0.4, -0.2) is 31.4 Å². The van der Waals surface area contributed by atoms with Crippen LogP contribution in [0.3, 0.4) is 0 Å². The Kier molecular flexibility index (Phi) is 15.8. The molecule has 0 aromatic rings. The summed E-state index contributed by atoms with van der Waals surface area (Å²) in [6, 6.07) is 0. The summed E-state index contributed by atoms with van der Waals surface area (Å²) in [4.78, 5) is 0. The Bertz CT molecular complexity index is 270. The number of nitrogens with one attached hydrogen (secondary N) is 2. The lowest BCUT2D eigenvalue weighted by Gasteiger charge is -2.17. The van der Waals surface area contributed by atoms with Gasteiger partial charge in [-0.25, -0.2) is 0 Å². The van der Waals surface area contributed by atoms with Crippen molar-refractivity contribution in [3.63, 3.8) is 0 Å². The van der Waals surface area contributed by atoms with Gasteiger partial charge in [0.2, 0.25) is 0 Å². The quantitative estimate of drug-likeness (QED) is 0.229. The highest BCUT2D eigenvalue weighted by Gasteiger charge is 2.10. The Labute approximate surface area is 137 Å². The third-order valence-electron chi connectivity index (χ3n) is 3.79. The first kappa shape index (κ1) is 21.1. The Morgan fingerprint density at radius 1 is 0.909 bits per heavy atom. The van der Waals surface area contributed by atoms with Gasteiger partial charge >= 0.3 is 0 Å². The molecule has 0 amide bonds. The molecule has 1 atom stereocenters.